The molecule has 0 fully saturated rings. The smallest absolute Gasteiger partial charge is 0.338 e. The van der Waals surface area contributed by atoms with Gasteiger partial charge < -0.3 is 14.4 Å². The summed E-state index contributed by atoms with van der Waals surface area (Å²) in [6, 6.07) is 14.7. The molecule has 4 rings (SSSR count). The number of hydrogen-bond acceptors (Lipinski definition) is 4. The van der Waals surface area contributed by atoms with Crippen LogP contribution in [0, 0.1) is 0 Å². The van der Waals surface area contributed by atoms with E-state index < -0.39 is 5.97 Å². The quantitative estimate of drug-likeness (QED) is 0.581. The lowest BCUT2D eigenvalue weighted by Gasteiger charge is -2.08. The first-order chi connectivity index (χ1) is 12.2. The van der Waals surface area contributed by atoms with Gasteiger partial charge in [0.1, 0.15) is 5.75 Å². The molecule has 0 spiro atoms. The lowest BCUT2D eigenvalue weighted by atomic mass is 10.1. The largest absolute Gasteiger partial charge is 0.507 e. The number of phenolic OH excluding ortho intramolecular Hbond substituents is 1. The third-order valence-corrected chi connectivity index (χ3v) is 4.36. The number of methoxy groups -OCH3 is 1. The van der Waals surface area contributed by atoms with Crippen LogP contribution in [0.25, 0.3) is 21.8 Å². The Labute approximate surface area is 144 Å². The first-order valence-electron chi connectivity index (χ1n) is 7.91. The third kappa shape index (κ3) is 2.41. The summed E-state index contributed by atoms with van der Waals surface area (Å²) in [7, 11) is 1.36. The zero-order valence-corrected chi connectivity index (χ0v) is 13.6. The Bertz CT molecular complexity index is 1080. The number of phenols is 1. The van der Waals surface area contributed by atoms with Crippen LogP contribution in [-0.4, -0.2) is 27.7 Å². The van der Waals surface area contributed by atoms with E-state index in [2.05, 4.69) is 9.55 Å². The molecule has 124 valence electrons. The predicted octanol–water partition coefficient (Wildman–Crippen LogP) is 3.73. The Morgan fingerprint density at radius 3 is 2.56 bits per heavy atom. The van der Waals surface area contributed by atoms with E-state index in [1.54, 1.807) is 24.4 Å². The van der Waals surface area contributed by atoms with Crippen LogP contribution in [0.2, 0.25) is 0 Å². The predicted molar refractivity (Wildman–Crippen MR) is 95.8 cm³/mol. The van der Waals surface area contributed by atoms with E-state index in [1.165, 1.54) is 7.11 Å². The van der Waals surface area contributed by atoms with Gasteiger partial charge >= 0.3 is 5.97 Å². The topological polar surface area (TPSA) is 64.3 Å². The van der Waals surface area contributed by atoms with Crippen molar-refractivity contribution >= 4 is 27.8 Å². The minimum absolute atomic E-state index is 0.142. The number of rotatable bonds is 3. The number of carbonyl (C=O) groups excluding carboxylic acids is 1. The molecule has 4 aromatic rings. The first kappa shape index (κ1) is 15.2. The highest BCUT2D eigenvalue weighted by Gasteiger charge is 2.20. The summed E-state index contributed by atoms with van der Waals surface area (Å²) in [5.41, 5.74) is 3.20. The number of ether oxygens (including phenoxy) is 1. The van der Waals surface area contributed by atoms with Crippen molar-refractivity contribution in [3.63, 3.8) is 0 Å². The number of nitrogens with zero attached hydrogens (tertiary/aromatic N) is 2. The molecule has 0 bridgehead atoms. The van der Waals surface area contributed by atoms with Gasteiger partial charge in [-0.15, -0.1) is 0 Å². The molecule has 2 aromatic carbocycles. The van der Waals surface area contributed by atoms with E-state index in [9.17, 15) is 9.90 Å². The molecule has 2 aromatic heterocycles. The molecule has 2 heterocycles. The fourth-order valence-electron chi connectivity index (χ4n) is 3.29. The molecule has 0 aliphatic carbocycles. The van der Waals surface area contributed by atoms with Crippen LogP contribution in [0.5, 0.6) is 5.75 Å². The summed E-state index contributed by atoms with van der Waals surface area (Å²) in [4.78, 5) is 16.4. The van der Waals surface area contributed by atoms with Crippen LogP contribution in [-0.2, 0) is 11.3 Å². The number of benzene rings is 2. The number of fused-ring (bicyclic) bond motifs is 3. The Hall–Kier alpha value is -3.34. The van der Waals surface area contributed by atoms with Crippen LogP contribution in [0.15, 0.2) is 60.9 Å². The highest BCUT2D eigenvalue weighted by molar-refractivity contribution is 6.18. The van der Waals surface area contributed by atoms with Gasteiger partial charge in [-0.05, 0) is 35.9 Å². The molecule has 25 heavy (non-hydrogen) atoms. The van der Waals surface area contributed by atoms with Crippen LogP contribution in [0.1, 0.15) is 15.9 Å². The zero-order chi connectivity index (χ0) is 17.4. The maximum absolute atomic E-state index is 12.2. The molecule has 1 N–H and O–H groups in total. The number of esters is 1. The molecule has 0 saturated carbocycles. The average Bonchev–Trinajstić information content (AvgIpc) is 2.97. The van der Waals surface area contributed by atoms with Crippen molar-refractivity contribution in [2.75, 3.05) is 7.11 Å². The molecule has 5 heteroatoms. The van der Waals surface area contributed by atoms with E-state index >= 15 is 0 Å². The molecule has 0 radical (unpaired) electrons. The van der Waals surface area contributed by atoms with Crippen molar-refractivity contribution in [1.82, 2.24) is 9.55 Å². The Balaban J connectivity index is 2.08. The van der Waals surface area contributed by atoms with Crippen molar-refractivity contribution in [3.05, 3.63) is 72.1 Å². The number of carbonyl (C=O) groups is 1. The van der Waals surface area contributed by atoms with Crippen LogP contribution < -0.4 is 0 Å². The second-order valence-electron chi connectivity index (χ2n) is 5.81. The molecule has 0 atom stereocenters. The van der Waals surface area contributed by atoms with Crippen molar-refractivity contribution in [2.24, 2.45) is 0 Å². The van der Waals surface area contributed by atoms with Crippen molar-refractivity contribution < 1.29 is 14.6 Å². The van der Waals surface area contributed by atoms with Crippen molar-refractivity contribution in [3.8, 4) is 5.75 Å². The zero-order valence-electron chi connectivity index (χ0n) is 13.6. The summed E-state index contributed by atoms with van der Waals surface area (Å²) in [5.74, 6) is -0.280. The molecule has 0 aliphatic heterocycles. The molecule has 0 unspecified atom stereocenters. The summed E-state index contributed by atoms with van der Waals surface area (Å²) in [6.45, 7) is 0.585. The number of aromatic hydroxyl groups is 1. The monoisotopic (exact) mass is 332 g/mol. The third-order valence-electron chi connectivity index (χ3n) is 4.36. The lowest BCUT2D eigenvalue weighted by molar-refractivity contribution is 0.0603. The van der Waals surface area contributed by atoms with Gasteiger partial charge in [-0.3, -0.25) is 4.98 Å². The minimum atomic E-state index is -0.422. The summed E-state index contributed by atoms with van der Waals surface area (Å²) >= 11 is 0. The average molecular weight is 332 g/mol. The second-order valence-corrected chi connectivity index (χ2v) is 5.81. The van der Waals surface area contributed by atoms with E-state index in [4.69, 9.17) is 4.74 Å². The second kappa shape index (κ2) is 5.94. The first-order valence-corrected chi connectivity index (χ1v) is 7.91. The summed E-state index contributed by atoms with van der Waals surface area (Å²) < 4.78 is 7.00. The normalized spacial score (nSPS) is 11.1. The van der Waals surface area contributed by atoms with Crippen LogP contribution in [0.3, 0.4) is 0 Å². The maximum Gasteiger partial charge on any atom is 0.338 e. The minimum Gasteiger partial charge on any atom is -0.507 e. The van der Waals surface area contributed by atoms with Gasteiger partial charge in [0.25, 0.3) is 0 Å². The van der Waals surface area contributed by atoms with Gasteiger partial charge in [0.05, 0.1) is 29.1 Å². The fraction of sp³-hybridized carbons (Fsp3) is 0.100. The van der Waals surface area contributed by atoms with E-state index in [0.717, 1.165) is 16.6 Å². The van der Waals surface area contributed by atoms with Gasteiger partial charge in [-0.1, -0.05) is 18.2 Å². The fourth-order valence-corrected chi connectivity index (χ4v) is 3.29. The molecular weight excluding hydrogens is 316 g/mol. The highest BCUT2D eigenvalue weighted by atomic mass is 16.5. The molecular formula is C20H16N2O3. The van der Waals surface area contributed by atoms with Crippen molar-refractivity contribution in [2.45, 2.75) is 6.54 Å². The summed E-state index contributed by atoms with van der Waals surface area (Å²) in [5, 5.41) is 11.8. The van der Waals surface area contributed by atoms with Crippen molar-refractivity contribution in [1.29, 1.82) is 0 Å². The standard InChI is InChI=1S/C20H16N2O3/c1-25-20(24)14-6-2-7-15-18(14)19-16(8-3-9-17(19)23)22(15)12-13-5-4-10-21-11-13/h2-11,23H,12H2,1H3. The van der Waals surface area contributed by atoms with Gasteiger partial charge in [0.15, 0.2) is 0 Å². The Morgan fingerprint density at radius 2 is 1.84 bits per heavy atom. The molecule has 0 saturated heterocycles. The number of hydrogen-bond donors (Lipinski definition) is 1. The summed E-state index contributed by atoms with van der Waals surface area (Å²) in [6.07, 6.45) is 3.54. The Morgan fingerprint density at radius 1 is 1.08 bits per heavy atom. The Kier molecular flexibility index (Phi) is 3.61. The van der Waals surface area contributed by atoms with Gasteiger partial charge in [0.2, 0.25) is 0 Å². The van der Waals surface area contributed by atoms with Crippen LogP contribution >= 0.6 is 0 Å². The van der Waals surface area contributed by atoms with E-state index in [1.807, 2.05) is 36.5 Å². The van der Waals surface area contributed by atoms with Gasteiger partial charge in [-0.2, -0.15) is 0 Å². The van der Waals surface area contributed by atoms with Gasteiger partial charge in [0, 0.05) is 24.3 Å². The number of pyridine rings is 1. The van der Waals surface area contributed by atoms with Crippen LogP contribution in [0.4, 0.5) is 0 Å². The molecule has 0 amide bonds. The van der Waals surface area contributed by atoms with Gasteiger partial charge in [-0.25, -0.2) is 4.79 Å². The lowest BCUT2D eigenvalue weighted by Crippen LogP contribution is -2.03. The van der Waals surface area contributed by atoms with E-state index in [0.29, 0.717) is 22.9 Å². The van der Waals surface area contributed by atoms with E-state index in [-0.39, 0.29) is 5.75 Å². The highest BCUT2D eigenvalue weighted by Crippen LogP contribution is 2.37. The maximum atomic E-state index is 12.2. The SMILES string of the molecule is COC(=O)c1cccc2c1c1c(O)cccc1n2Cc1cccnc1. The molecule has 5 nitrogen and oxygen atoms in total. The molecule has 0 aliphatic rings. The number of aromatic nitrogens is 2.